The summed E-state index contributed by atoms with van der Waals surface area (Å²) in [6.07, 6.45) is 0.918. The molecular weight excluding hydrogens is 228 g/mol. The first-order chi connectivity index (χ1) is 7.72. The third-order valence-electron chi connectivity index (χ3n) is 2.51. The van der Waals surface area contributed by atoms with Crippen LogP contribution in [0.1, 0.15) is 6.42 Å². The van der Waals surface area contributed by atoms with Crippen LogP contribution >= 0.6 is 11.6 Å². The number of hydrogen-bond acceptors (Lipinski definition) is 2. The van der Waals surface area contributed by atoms with Gasteiger partial charge in [-0.25, -0.2) is 4.79 Å². The molecule has 4 nitrogen and oxygen atoms in total. The van der Waals surface area contributed by atoms with Crippen LogP contribution in [-0.2, 0) is 0 Å². The number of rotatable bonds is 2. The molecule has 0 aliphatic carbocycles. The molecule has 5 heteroatoms. The fourth-order valence-electron chi connectivity index (χ4n) is 1.73. The highest BCUT2D eigenvalue weighted by molar-refractivity contribution is 6.31. The van der Waals surface area contributed by atoms with E-state index in [2.05, 4.69) is 5.32 Å². The minimum absolute atomic E-state index is 0.105. The molecule has 0 bridgehead atoms. The van der Waals surface area contributed by atoms with E-state index in [0.717, 1.165) is 13.0 Å². The zero-order valence-corrected chi connectivity index (χ0v) is 9.75. The average Bonchev–Trinajstić information content (AvgIpc) is 2.29. The summed E-state index contributed by atoms with van der Waals surface area (Å²) in [6.45, 7) is 1.40. The molecule has 0 radical (unpaired) electrons. The third kappa shape index (κ3) is 2.07. The van der Waals surface area contributed by atoms with E-state index in [1.165, 1.54) is 0 Å². The average molecular weight is 241 g/mol. The van der Waals surface area contributed by atoms with E-state index >= 15 is 0 Å². The van der Waals surface area contributed by atoms with Crippen molar-refractivity contribution in [2.24, 2.45) is 0 Å². The van der Waals surface area contributed by atoms with Gasteiger partial charge in [0.05, 0.1) is 12.8 Å². The second-order valence-electron chi connectivity index (χ2n) is 3.55. The van der Waals surface area contributed by atoms with Crippen LogP contribution in [0, 0.1) is 0 Å². The van der Waals surface area contributed by atoms with Crippen LogP contribution in [0.25, 0.3) is 0 Å². The number of carbonyl (C=O) groups excluding carboxylic acids is 1. The van der Waals surface area contributed by atoms with Gasteiger partial charge in [-0.2, -0.15) is 0 Å². The molecule has 1 fully saturated rings. The van der Waals surface area contributed by atoms with Crippen molar-refractivity contribution in [3.05, 3.63) is 23.2 Å². The molecule has 0 aromatic heterocycles. The van der Waals surface area contributed by atoms with Crippen LogP contribution in [-0.4, -0.2) is 26.2 Å². The van der Waals surface area contributed by atoms with Gasteiger partial charge in [0.15, 0.2) is 0 Å². The quantitative estimate of drug-likeness (QED) is 0.862. The predicted octanol–water partition coefficient (Wildman–Crippen LogP) is 2.27. The van der Waals surface area contributed by atoms with Crippen molar-refractivity contribution >= 4 is 23.3 Å². The summed E-state index contributed by atoms with van der Waals surface area (Å²) < 4.78 is 5.22. The van der Waals surface area contributed by atoms with E-state index in [4.69, 9.17) is 16.3 Å². The van der Waals surface area contributed by atoms with Gasteiger partial charge in [0.1, 0.15) is 5.75 Å². The molecule has 1 heterocycles. The first-order valence-electron chi connectivity index (χ1n) is 5.11. The highest BCUT2D eigenvalue weighted by Crippen LogP contribution is 2.31. The molecule has 1 aliphatic heterocycles. The number of carbonyl (C=O) groups is 1. The van der Waals surface area contributed by atoms with Crippen LogP contribution in [0.15, 0.2) is 18.2 Å². The largest absolute Gasteiger partial charge is 0.495 e. The Morgan fingerprint density at radius 2 is 2.31 bits per heavy atom. The van der Waals surface area contributed by atoms with E-state index in [0.29, 0.717) is 23.0 Å². The first kappa shape index (κ1) is 11.1. The molecule has 0 atom stereocenters. The van der Waals surface area contributed by atoms with Crippen LogP contribution in [0.4, 0.5) is 10.5 Å². The normalized spacial score (nSPS) is 15.9. The number of benzene rings is 1. The fourth-order valence-corrected chi connectivity index (χ4v) is 1.90. The number of amides is 2. The van der Waals surface area contributed by atoms with E-state index in [1.54, 1.807) is 30.2 Å². The summed E-state index contributed by atoms with van der Waals surface area (Å²) in [6, 6.07) is 5.14. The van der Waals surface area contributed by atoms with Crippen molar-refractivity contribution in [3.8, 4) is 5.75 Å². The number of anilines is 1. The zero-order valence-electron chi connectivity index (χ0n) is 9.00. The number of nitrogens with zero attached hydrogens (tertiary/aromatic N) is 1. The molecule has 0 spiro atoms. The van der Waals surface area contributed by atoms with Gasteiger partial charge < -0.3 is 10.1 Å². The lowest BCUT2D eigenvalue weighted by Crippen LogP contribution is -2.46. The molecule has 86 valence electrons. The van der Waals surface area contributed by atoms with Crippen molar-refractivity contribution < 1.29 is 9.53 Å². The summed E-state index contributed by atoms with van der Waals surface area (Å²) in [7, 11) is 1.58. The van der Waals surface area contributed by atoms with Crippen molar-refractivity contribution in [1.82, 2.24) is 5.32 Å². The number of methoxy groups -OCH3 is 1. The summed E-state index contributed by atoms with van der Waals surface area (Å²) in [5, 5.41) is 3.38. The van der Waals surface area contributed by atoms with E-state index in [1.807, 2.05) is 0 Å². The number of nitrogens with one attached hydrogen (secondary N) is 1. The molecular formula is C11H13ClN2O2. The third-order valence-corrected chi connectivity index (χ3v) is 2.75. The Morgan fingerprint density at radius 1 is 1.50 bits per heavy atom. The molecule has 1 aliphatic rings. The topological polar surface area (TPSA) is 41.6 Å². The molecule has 16 heavy (non-hydrogen) atoms. The first-order valence-corrected chi connectivity index (χ1v) is 5.49. The highest BCUT2D eigenvalue weighted by atomic mass is 35.5. The number of hydrogen-bond donors (Lipinski definition) is 1. The zero-order chi connectivity index (χ0) is 11.5. The maximum Gasteiger partial charge on any atom is 0.321 e. The minimum Gasteiger partial charge on any atom is -0.495 e. The van der Waals surface area contributed by atoms with Gasteiger partial charge in [-0.3, -0.25) is 4.90 Å². The Hall–Kier alpha value is -1.42. The lowest BCUT2D eigenvalue weighted by molar-refractivity contribution is 0.242. The summed E-state index contributed by atoms with van der Waals surface area (Å²) in [4.78, 5) is 13.3. The van der Waals surface area contributed by atoms with Crippen LogP contribution in [0.3, 0.4) is 0 Å². The molecule has 2 amide bonds. The lowest BCUT2D eigenvalue weighted by atomic mass is 10.2. The van der Waals surface area contributed by atoms with E-state index in [9.17, 15) is 4.79 Å². The molecule has 1 N–H and O–H groups in total. The van der Waals surface area contributed by atoms with Crippen LogP contribution in [0.5, 0.6) is 5.75 Å². The Kier molecular flexibility index (Phi) is 3.19. The number of halogens is 1. The molecule has 1 aromatic rings. The van der Waals surface area contributed by atoms with Crippen molar-refractivity contribution in [2.45, 2.75) is 6.42 Å². The summed E-state index contributed by atoms with van der Waals surface area (Å²) in [5.41, 5.74) is 0.715. The molecule has 1 saturated heterocycles. The Balaban J connectivity index is 2.36. The second kappa shape index (κ2) is 4.61. The van der Waals surface area contributed by atoms with Gasteiger partial charge in [-0.05, 0) is 24.6 Å². The maximum atomic E-state index is 11.7. The van der Waals surface area contributed by atoms with Crippen molar-refractivity contribution in [2.75, 3.05) is 25.1 Å². The Labute approximate surface area is 99.1 Å². The summed E-state index contributed by atoms with van der Waals surface area (Å²) in [5.74, 6) is 0.654. The van der Waals surface area contributed by atoms with Gasteiger partial charge in [-0.1, -0.05) is 11.6 Å². The van der Waals surface area contributed by atoms with Gasteiger partial charge in [0, 0.05) is 18.1 Å². The van der Waals surface area contributed by atoms with Crippen molar-refractivity contribution in [1.29, 1.82) is 0 Å². The van der Waals surface area contributed by atoms with Crippen LogP contribution in [0.2, 0.25) is 5.02 Å². The van der Waals surface area contributed by atoms with Gasteiger partial charge in [0.2, 0.25) is 0 Å². The molecule has 2 rings (SSSR count). The number of ether oxygens (including phenoxy) is 1. The van der Waals surface area contributed by atoms with Gasteiger partial charge >= 0.3 is 6.03 Å². The van der Waals surface area contributed by atoms with Gasteiger partial charge in [-0.15, -0.1) is 0 Å². The SMILES string of the molecule is COc1ccc(Cl)cc1N1CCCNC1=O. The summed E-state index contributed by atoms with van der Waals surface area (Å²) >= 11 is 5.93. The minimum atomic E-state index is -0.105. The van der Waals surface area contributed by atoms with Crippen molar-refractivity contribution in [3.63, 3.8) is 0 Å². The second-order valence-corrected chi connectivity index (χ2v) is 3.99. The molecule has 0 saturated carbocycles. The lowest BCUT2D eigenvalue weighted by Gasteiger charge is -2.28. The predicted molar refractivity (Wildman–Crippen MR) is 63.4 cm³/mol. The van der Waals surface area contributed by atoms with Crippen LogP contribution < -0.4 is 15.0 Å². The molecule has 1 aromatic carbocycles. The monoisotopic (exact) mass is 240 g/mol. The Morgan fingerprint density at radius 3 is 3.00 bits per heavy atom. The maximum absolute atomic E-state index is 11.7. The van der Waals surface area contributed by atoms with E-state index in [-0.39, 0.29) is 6.03 Å². The number of urea groups is 1. The Bertz CT molecular complexity index is 409. The van der Waals surface area contributed by atoms with Gasteiger partial charge in [0.25, 0.3) is 0 Å². The smallest absolute Gasteiger partial charge is 0.321 e. The molecule has 0 unspecified atom stereocenters. The standard InChI is InChI=1S/C11H13ClN2O2/c1-16-10-4-3-8(12)7-9(10)14-6-2-5-13-11(14)15/h3-4,7H,2,5-6H2,1H3,(H,13,15). The highest BCUT2D eigenvalue weighted by Gasteiger charge is 2.22. The van der Waals surface area contributed by atoms with E-state index < -0.39 is 0 Å². The fraction of sp³-hybridized carbons (Fsp3) is 0.364.